The molecule has 3 rings (SSSR count). The van der Waals surface area contributed by atoms with E-state index in [1.807, 2.05) is 33.8 Å². The van der Waals surface area contributed by atoms with E-state index >= 15 is 0 Å². The summed E-state index contributed by atoms with van der Waals surface area (Å²) in [6.07, 6.45) is 1.69. The van der Waals surface area contributed by atoms with Crippen LogP contribution >= 0.6 is 23.2 Å². The predicted octanol–water partition coefficient (Wildman–Crippen LogP) is 6.45. The Bertz CT molecular complexity index is 1450. The second kappa shape index (κ2) is 14.2. The molecule has 220 valence electrons. The molecule has 0 radical (unpaired) electrons. The average Bonchev–Trinajstić information content (AvgIpc) is 2.90. The molecule has 41 heavy (non-hydrogen) atoms. The quantitative estimate of drug-likeness (QED) is 0.237. The second-order valence-corrected chi connectivity index (χ2v) is 12.9. The lowest BCUT2D eigenvalue weighted by Gasteiger charge is -2.32. The highest BCUT2D eigenvalue weighted by Crippen LogP contribution is 2.29. The molecule has 1 N–H and O–H groups in total. The molecule has 0 spiro atoms. The SMILES string of the molecule is CCCCNC(=O)C(C)N(Cc1c(Cl)cccc1Cl)C(=O)CN(c1cc(C)cc(C)c1)S(=O)(=O)c1ccc(C)cc1. The molecule has 0 saturated heterocycles. The average molecular weight is 619 g/mol. The molecular formula is C31H37Cl2N3O4S. The smallest absolute Gasteiger partial charge is 0.264 e. The van der Waals surface area contributed by atoms with E-state index in [-0.39, 0.29) is 17.3 Å². The van der Waals surface area contributed by atoms with Crippen molar-refractivity contribution in [1.82, 2.24) is 10.2 Å². The third-order valence-electron chi connectivity index (χ3n) is 6.77. The number of rotatable bonds is 12. The number of amides is 2. The zero-order chi connectivity index (χ0) is 30.3. The van der Waals surface area contributed by atoms with Crippen LogP contribution in [0.3, 0.4) is 0 Å². The Labute approximate surface area is 253 Å². The maximum absolute atomic E-state index is 14.1. The largest absolute Gasteiger partial charge is 0.354 e. The van der Waals surface area contributed by atoms with Crippen LogP contribution in [-0.4, -0.2) is 44.3 Å². The zero-order valence-corrected chi connectivity index (χ0v) is 26.4. The predicted molar refractivity (Wildman–Crippen MR) is 166 cm³/mol. The second-order valence-electron chi connectivity index (χ2n) is 10.2. The molecular weight excluding hydrogens is 581 g/mol. The van der Waals surface area contributed by atoms with E-state index in [0.717, 1.165) is 33.8 Å². The molecule has 3 aromatic rings. The molecule has 0 heterocycles. The highest BCUT2D eigenvalue weighted by Gasteiger charge is 2.33. The van der Waals surface area contributed by atoms with Crippen LogP contribution in [0.1, 0.15) is 48.9 Å². The topological polar surface area (TPSA) is 86.8 Å². The summed E-state index contributed by atoms with van der Waals surface area (Å²) in [6, 6.07) is 15.9. The lowest BCUT2D eigenvalue weighted by atomic mass is 10.1. The van der Waals surface area contributed by atoms with Gasteiger partial charge in [-0.3, -0.25) is 13.9 Å². The van der Waals surface area contributed by atoms with Crippen LogP contribution in [0.2, 0.25) is 10.0 Å². The van der Waals surface area contributed by atoms with Gasteiger partial charge < -0.3 is 10.2 Å². The fourth-order valence-electron chi connectivity index (χ4n) is 4.43. The minimum atomic E-state index is -4.15. The number of hydrogen-bond donors (Lipinski definition) is 1. The number of nitrogens with one attached hydrogen (secondary N) is 1. The van der Waals surface area contributed by atoms with Crippen molar-refractivity contribution in [2.75, 3.05) is 17.4 Å². The van der Waals surface area contributed by atoms with Crippen LogP contribution < -0.4 is 9.62 Å². The minimum Gasteiger partial charge on any atom is -0.354 e. The first-order chi connectivity index (χ1) is 19.3. The van der Waals surface area contributed by atoms with E-state index in [1.54, 1.807) is 49.4 Å². The summed E-state index contributed by atoms with van der Waals surface area (Å²) in [6.45, 7) is 9.07. The molecule has 1 unspecified atom stereocenters. The lowest BCUT2D eigenvalue weighted by molar-refractivity contribution is -0.139. The summed E-state index contributed by atoms with van der Waals surface area (Å²) in [4.78, 5) is 28.6. The summed E-state index contributed by atoms with van der Waals surface area (Å²) >= 11 is 12.9. The van der Waals surface area contributed by atoms with Gasteiger partial charge in [-0.15, -0.1) is 0 Å². The Morgan fingerprint density at radius 2 is 1.49 bits per heavy atom. The monoisotopic (exact) mass is 617 g/mol. The Hall–Kier alpha value is -3.07. The van der Waals surface area contributed by atoms with E-state index in [1.165, 1.54) is 17.0 Å². The van der Waals surface area contributed by atoms with E-state index < -0.39 is 28.5 Å². The molecule has 0 saturated carbocycles. The first kappa shape index (κ1) is 32.4. The van der Waals surface area contributed by atoms with Gasteiger partial charge >= 0.3 is 0 Å². The van der Waals surface area contributed by atoms with Gasteiger partial charge in [0.15, 0.2) is 0 Å². The number of sulfonamides is 1. The molecule has 10 heteroatoms. The molecule has 0 aliphatic carbocycles. The number of unbranched alkanes of at least 4 members (excludes halogenated alkanes) is 1. The van der Waals surface area contributed by atoms with Gasteiger partial charge in [-0.05, 0) is 81.6 Å². The fraction of sp³-hybridized carbons (Fsp3) is 0.355. The number of carbonyl (C=O) groups excluding carboxylic acids is 2. The van der Waals surface area contributed by atoms with Gasteiger partial charge in [-0.2, -0.15) is 0 Å². The van der Waals surface area contributed by atoms with E-state index in [0.29, 0.717) is 27.8 Å². The number of aryl methyl sites for hydroxylation is 3. The van der Waals surface area contributed by atoms with Gasteiger partial charge in [0.05, 0.1) is 10.6 Å². The van der Waals surface area contributed by atoms with Crippen LogP contribution in [0.5, 0.6) is 0 Å². The van der Waals surface area contributed by atoms with Gasteiger partial charge in [-0.1, -0.05) is 66.4 Å². The van der Waals surface area contributed by atoms with Gasteiger partial charge in [0.25, 0.3) is 10.0 Å². The Balaban J connectivity index is 2.07. The van der Waals surface area contributed by atoms with Crippen molar-refractivity contribution in [3.8, 4) is 0 Å². The molecule has 7 nitrogen and oxygen atoms in total. The van der Waals surface area contributed by atoms with Crippen LogP contribution in [-0.2, 0) is 26.2 Å². The summed E-state index contributed by atoms with van der Waals surface area (Å²) in [5, 5.41) is 3.54. The molecule has 0 fully saturated rings. The summed E-state index contributed by atoms with van der Waals surface area (Å²) in [7, 11) is -4.15. The Morgan fingerprint density at radius 1 is 0.902 bits per heavy atom. The maximum Gasteiger partial charge on any atom is 0.264 e. The van der Waals surface area contributed by atoms with E-state index in [2.05, 4.69) is 5.32 Å². The van der Waals surface area contributed by atoms with Crippen LogP contribution in [0, 0.1) is 20.8 Å². The first-order valence-corrected chi connectivity index (χ1v) is 15.7. The normalized spacial score (nSPS) is 12.1. The van der Waals surface area contributed by atoms with Crippen molar-refractivity contribution >= 4 is 50.7 Å². The van der Waals surface area contributed by atoms with Crippen molar-refractivity contribution in [3.63, 3.8) is 0 Å². The number of nitrogens with zero attached hydrogens (tertiary/aromatic N) is 2. The summed E-state index contributed by atoms with van der Waals surface area (Å²) < 4.78 is 29.1. The van der Waals surface area contributed by atoms with E-state index in [4.69, 9.17) is 23.2 Å². The third kappa shape index (κ3) is 8.24. The lowest BCUT2D eigenvalue weighted by Crippen LogP contribution is -2.51. The summed E-state index contributed by atoms with van der Waals surface area (Å²) in [5.41, 5.74) is 3.42. The van der Waals surface area contributed by atoms with Gasteiger partial charge in [0.2, 0.25) is 11.8 Å². The minimum absolute atomic E-state index is 0.0566. The maximum atomic E-state index is 14.1. The van der Waals surface area contributed by atoms with Crippen LogP contribution in [0.15, 0.2) is 65.6 Å². The number of carbonyl (C=O) groups is 2. The van der Waals surface area contributed by atoms with E-state index in [9.17, 15) is 18.0 Å². The van der Waals surface area contributed by atoms with Crippen LogP contribution in [0.4, 0.5) is 5.69 Å². The molecule has 0 aromatic heterocycles. The Kier molecular flexibility index (Phi) is 11.2. The molecule has 0 aliphatic rings. The number of hydrogen-bond acceptors (Lipinski definition) is 4. The fourth-order valence-corrected chi connectivity index (χ4v) is 6.35. The summed E-state index contributed by atoms with van der Waals surface area (Å²) in [5.74, 6) is -0.928. The molecule has 3 aromatic carbocycles. The highest BCUT2D eigenvalue weighted by molar-refractivity contribution is 7.92. The first-order valence-electron chi connectivity index (χ1n) is 13.5. The molecule has 2 amide bonds. The van der Waals surface area contributed by atoms with Gasteiger partial charge in [0, 0.05) is 28.7 Å². The Morgan fingerprint density at radius 3 is 2.05 bits per heavy atom. The number of anilines is 1. The molecule has 0 aliphatic heterocycles. The van der Waals surface area contributed by atoms with Crippen LogP contribution in [0.25, 0.3) is 0 Å². The highest BCUT2D eigenvalue weighted by atomic mass is 35.5. The van der Waals surface area contributed by atoms with Crippen molar-refractivity contribution in [3.05, 3.63) is 93.0 Å². The number of halogens is 2. The third-order valence-corrected chi connectivity index (χ3v) is 9.27. The number of benzene rings is 3. The van der Waals surface area contributed by atoms with Crippen molar-refractivity contribution in [2.45, 2.75) is 64.9 Å². The van der Waals surface area contributed by atoms with Gasteiger partial charge in [0.1, 0.15) is 12.6 Å². The van der Waals surface area contributed by atoms with Gasteiger partial charge in [-0.25, -0.2) is 8.42 Å². The van der Waals surface area contributed by atoms with Crippen molar-refractivity contribution in [1.29, 1.82) is 0 Å². The standard InChI is InChI=1S/C31H37Cl2N3O4S/c1-6-7-15-34-31(38)24(5)35(19-27-28(32)9-8-10-29(27)33)30(37)20-36(25-17-22(3)16-23(4)18-25)41(39,40)26-13-11-21(2)12-14-26/h8-14,16-18,24H,6-7,15,19-20H2,1-5H3,(H,34,38). The molecule has 0 bridgehead atoms. The van der Waals surface area contributed by atoms with Crippen molar-refractivity contribution in [2.24, 2.45) is 0 Å². The van der Waals surface area contributed by atoms with Crippen molar-refractivity contribution < 1.29 is 18.0 Å². The molecule has 1 atom stereocenters. The zero-order valence-electron chi connectivity index (χ0n) is 24.1.